The Morgan fingerprint density at radius 1 is 1.35 bits per heavy atom. The predicted octanol–water partition coefficient (Wildman–Crippen LogP) is 2.10. The van der Waals surface area contributed by atoms with Gasteiger partial charge in [0.05, 0.1) is 17.6 Å². The maximum Gasteiger partial charge on any atom is 0.284 e. The highest BCUT2D eigenvalue weighted by atomic mass is 19.3. The summed E-state index contributed by atoms with van der Waals surface area (Å²) in [5.41, 5.74) is 1.28. The van der Waals surface area contributed by atoms with E-state index in [0.717, 1.165) is 12.1 Å². The van der Waals surface area contributed by atoms with Crippen molar-refractivity contribution in [2.45, 2.75) is 13.0 Å². The first kappa shape index (κ1) is 14.1. The normalized spacial score (nSPS) is 10.8. The summed E-state index contributed by atoms with van der Waals surface area (Å²) in [6.07, 6.45) is -1.03. The summed E-state index contributed by atoms with van der Waals surface area (Å²) in [7, 11) is 1.84. The molecule has 20 heavy (non-hydrogen) atoms. The molecule has 0 bridgehead atoms. The van der Waals surface area contributed by atoms with E-state index >= 15 is 0 Å². The zero-order valence-corrected chi connectivity index (χ0v) is 10.8. The fraction of sp³-hybridized carbons (Fsp3) is 0.231. The zero-order valence-electron chi connectivity index (χ0n) is 10.8. The maximum absolute atomic E-state index is 12.8. The van der Waals surface area contributed by atoms with Gasteiger partial charge in [-0.1, -0.05) is 12.1 Å². The van der Waals surface area contributed by atoms with Crippen molar-refractivity contribution >= 4 is 12.1 Å². The van der Waals surface area contributed by atoms with Gasteiger partial charge >= 0.3 is 0 Å². The van der Waals surface area contributed by atoms with Crippen LogP contribution in [0.5, 0.6) is 0 Å². The highest BCUT2D eigenvalue weighted by Gasteiger charge is 2.18. The molecule has 1 aromatic carbocycles. The van der Waals surface area contributed by atoms with Crippen molar-refractivity contribution in [2.75, 3.05) is 12.4 Å². The van der Waals surface area contributed by atoms with Crippen molar-refractivity contribution in [3.8, 4) is 5.69 Å². The summed E-state index contributed by atoms with van der Waals surface area (Å²) in [5, 5.41) is 9.05. The van der Waals surface area contributed by atoms with Gasteiger partial charge in [0.15, 0.2) is 5.69 Å². The van der Waals surface area contributed by atoms with Crippen molar-refractivity contribution < 1.29 is 13.6 Å². The van der Waals surface area contributed by atoms with Crippen molar-refractivity contribution in [3.05, 3.63) is 41.7 Å². The minimum Gasteiger partial charge on any atom is -0.326 e. The number of nitrogens with one attached hydrogen (secondary N) is 2. The molecule has 1 heterocycles. The smallest absolute Gasteiger partial charge is 0.284 e. The Morgan fingerprint density at radius 2 is 2.05 bits per heavy atom. The minimum absolute atomic E-state index is 0.00861. The molecule has 0 saturated heterocycles. The number of carbonyl (C=O) groups excluding carboxylic acids is 1. The molecule has 0 atom stereocenters. The van der Waals surface area contributed by atoms with E-state index in [1.165, 1.54) is 10.9 Å². The number of benzene rings is 1. The van der Waals surface area contributed by atoms with Crippen LogP contribution in [-0.4, -0.2) is 23.2 Å². The van der Waals surface area contributed by atoms with Crippen LogP contribution < -0.4 is 10.6 Å². The summed E-state index contributed by atoms with van der Waals surface area (Å²) in [6, 6.07) is 7.31. The second-order valence-corrected chi connectivity index (χ2v) is 4.13. The topological polar surface area (TPSA) is 59.0 Å². The first-order valence-electron chi connectivity index (χ1n) is 5.97. The van der Waals surface area contributed by atoms with Crippen molar-refractivity contribution in [2.24, 2.45) is 0 Å². The number of carbonyl (C=O) groups is 1. The number of hydrogen-bond donors (Lipinski definition) is 2. The van der Waals surface area contributed by atoms with E-state index in [0.29, 0.717) is 12.1 Å². The highest BCUT2D eigenvalue weighted by molar-refractivity contribution is 5.72. The van der Waals surface area contributed by atoms with Crippen LogP contribution in [0.25, 0.3) is 5.69 Å². The van der Waals surface area contributed by atoms with Crippen LogP contribution in [-0.2, 0) is 11.3 Å². The summed E-state index contributed by atoms with van der Waals surface area (Å²) in [5.74, 6) is 0. The molecule has 0 radical (unpaired) electrons. The Labute approximate surface area is 114 Å². The van der Waals surface area contributed by atoms with Gasteiger partial charge in [-0.05, 0) is 24.7 Å². The molecule has 7 heteroatoms. The number of hydrogen-bond acceptors (Lipinski definition) is 3. The average Bonchev–Trinajstić information content (AvgIpc) is 2.85. The van der Waals surface area contributed by atoms with E-state index in [-0.39, 0.29) is 5.69 Å². The summed E-state index contributed by atoms with van der Waals surface area (Å²) >= 11 is 0. The Hall–Kier alpha value is -2.28. The third-order valence-electron chi connectivity index (χ3n) is 2.75. The van der Waals surface area contributed by atoms with Crippen LogP contribution >= 0.6 is 0 Å². The summed E-state index contributed by atoms with van der Waals surface area (Å²) < 4.78 is 26.9. The standard InChI is InChI=1S/C13H14F2N4O/c1-16-6-9-2-4-10(5-3-9)19-7-11(17-8-20)12(18-19)13(14)15/h2-5,7-8,13,16H,6H2,1H3,(H,17,20). The van der Waals surface area contributed by atoms with Gasteiger partial charge in [-0.25, -0.2) is 13.5 Å². The van der Waals surface area contributed by atoms with Crippen LogP contribution in [0.4, 0.5) is 14.5 Å². The molecule has 5 nitrogen and oxygen atoms in total. The van der Waals surface area contributed by atoms with Gasteiger partial charge in [-0.2, -0.15) is 5.10 Å². The van der Waals surface area contributed by atoms with Crippen molar-refractivity contribution in [1.29, 1.82) is 0 Å². The molecular formula is C13H14F2N4O. The molecule has 0 saturated carbocycles. The zero-order chi connectivity index (χ0) is 14.5. The van der Waals surface area contributed by atoms with Gasteiger partial charge in [0, 0.05) is 6.54 Å². The third-order valence-corrected chi connectivity index (χ3v) is 2.75. The van der Waals surface area contributed by atoms with Crippen LogP contribution in [0, 0.1) is 0 Å². The number of alkyl halides is 2. The fourth-order valence-corrected chi connectivity index (χ4v) is 1.83. The molecule has 2 rings (SSSR count). The van der Waals surface area contributed by atoms with Crippen LogP contribution in [0.3, 0.4) is 0 Å². The van der Waals surface area contributed by atoms with Crippen molar-refractivity contribution in [1.82, 2.24) is 15.1 Å². The monoisotopic (exact) mass is 280 g/mol. The molecule has 0 spiro atoms. The third kappa shape index (κ3) is 3.00. The molecule has 106 valence electrons. The van der Waals surface area contributed by atoms with E-state index in [9.17, 15) is 13.6 Å². The number of nitrogens with zero attached hydrogens (tertiary/aromatic N) is 2. The van der Waals surface area contributed by atoms with Crippen LogP contribution in [0.15, 0.2) is 30.5 Å². The van der Waals surface area contributed by atoms with Gasteiger partial charge in [0.1, 0.15) is 0 Å². The van der Waals surface area contributed by atoms with E-state index < -0.39 is 12.1 Å². The Morgan fingerprint density at radius 3 is 2.60 bits per heavy atom. The van der Waals surface area contributed by atoms with Gasteiger partial charge in [0.25, 0.3) is 6.43 Å². The number of aromatic nitrogens is 2. The Balaban J connectivity index is 2.32. The van der Waals surface area contributed by atoms with E-state index in [1.807, 2.05) is 19.2 Å². The minimum atomic E-state index is -2.75. The maximum atomic E-state index is 12.8. The second kappa shape index (κ2) is 6.25. The largest absolute Gasteiger partial charge is 0.326 e. The molecule has 1 aromatic heterocycles. The summed E-state index contributed by atoms with van der Waals surface area (Å²) in [4.78, 5) is 10.4. The molecule has 0 aliphatic heterocycles. The molecule has 1 amide bonds. The first-order valence-corrected chi connectivity index (χ1v) is 5.97. The lowest BCUT2D eigenvalue weighted by Crippen LogP contribution is -2.05. The van der Waals surface area contributed by atoms with Gasteiger partial charge < -0.3 is 10.6 Å². The Bertz CT molecular complexity index is 581. The van der Waals surface area contributed by atoms with E-state index in [2.05, 4.69) is 15.7 Å². The molecule has 2 N–H and O–H groups in total. The van der Waals surface area contributed by atoms with Crippen molar-refractivity contribution in [3.63, 3.8) is 0 Å². The molecule has 0 aliphatic carbocycles. The molecule has 0 unspecified atom stereocenters. The quantitative estimate of drug-likeness (QED) is 0.797. The predicted molar refractivity (Wildman–Crippen MR) is 71.0 cm³/mol. The first-order chi connectivity index (χ1) is 9.65. The van der Waals surface area contributed by atoms with E-state index in [4.69, 9.17) is 0 Å². The SMILES string of the molecule is CNCc1ccc(-n2cc(NC=O)c(C(F)F)n2)cc1. The fourth-order valence-electron chi connectivity index (χ4n) is 1.83. The number of halogens is 2. The Kier molecular flexibility index (Phi) is 4.41. The highest BCUT2D eigenvalue weighted by Crippen LogP contribution is 2.26. The average molecular weight is 280 g/mol. The number of anilines is 1. The van der Waals surface area contributed by atoms with Gasteiger partial charge in [-0.15, -0.1) is 0 Å². The van der Waals surface area contributed by atoms with Crippen LogP contribution in [0.1, 0.15) is 17.7 Å². The number of rotatable bonds is 6. The van der Waals surface area contributed by atoms with Crippen LogP contribution in [0.2, 0.25) is 0 Å². The number of amides is 1. The lowest BCUT2D eigenvalue weighted by Gasteiger charge is -2.03. The molecular weight excluding hydrogens is 266 g/mol. The lowest BCUT2D eigenvalue weighted by atomic mass is 10.2. The molecule has 0 aliphatic rings. The summed E-state index contributed by atoms with van der Waals surface area (Å²) in [6.45, 7) is 0.722. The van der Waals surface area contributed by atoms with Gasteiger partial charge in [0.2, 0.25) is 6.41 Å². The molecule has 0 fully saturated rings. The second-order valence-electron chi connectivity index (χ2n) is 4.13. The van der Waals surface area contributed by atoms with E-state index in [1.54, 1.807) is 12.1 Å². The lowest BCUT2D eigenvalue weighted by molar-refractivity contribution is -0.105. The molecule has 2 aromatic rings. The van der Waals surface area contributed by atoms with Gasteiger partial charge in [-0.3, -0.25) is 4.79 Å².